The van der Waals surface area contributed by atoms with Crippen LogP contribution in [0.3, 0.4) is 0 Å². The van der Waals surface area contributed by atoms with E-state index in [1.807, 2.05) is 36.7 Å². The number of aryl methyl sites for hydroxylation is 3. The number of carbonyl (C=O) groups is 1. The van der Waals surface area contributed by atoms with E-state index in [-0.39, 0.29) is 5.91 Å². The van der Waals surface area contributed by atoms with Gasteiger partial charge in [-0.25, -0.2) is 0 Å². The molecule has 0 aromatic carbocycles. The molecule has 0 bridgehead atoms. The Morgan fingerprint density at radius 2 is 2.04 bits per heavy atom. The molecule has 1 amide bonds. The van der Waals surface area contributed by atoms with Crippen molar-refractivity contribution in [3.63, 3.8) is 0 Å². The van der Waals surface area contributed by atoms with Gasteiger partial charge in [-0.15, -0.1) is 10.2 Å². The van der Waals surface area contributed by atoms with Crippen LogP contribution in [-0.2, 0) is 33.6 Å². The fourth-order valence-corrected chi connectivity index (χ4v) is 4.07. The number of aromatic nitrogens is 7. The second-order valence-electron chi connectivity index (χ2n) is 7.92. The van der Waals surface area contributed by atoms with Gasteiger partial charge in [0.05, 0.1) is 12.2 Å². The molecule has 2 aliphatic rings. The van der Waals surface area contributed by atoms with E-state index in [0.29, 0.717) is 18.8 Å². The highest BCUT2D eigenvalue weighted by atomic mass is 16.2. The Balaban J connectivity index is 1.48. The molecule has 28 heavy (non-hydrogen) atoms. The molecule has 3 aromatic rings. The lowest BCUT2D eigenvalue weighted by atomic mass is 10.0. The molecule has 1 aliphatic carbocycles. The van der Waals surface area contributed by atoms with Gasteiger partial charge in [0.1, 0.15) is 17.7 Å². The Morgan fingerprint density at radius 3 is 2.75 bits per heavy atom. The normalized spacial score (nSPS) is 16.5. The van der Waals surface area contributed by atoms with Gasteiger partial charge in [0.15, 0.2) is 5.82 Å². The largest absolute Gasteiger partial charge is 0.332 e. The van der Waals surface area contributed by atoms with Crippen molar-refractivity contribution in [2.45, 2.75) is 39.3 Å². The summed E-state index contributed by atoms with van der Waals surface area (Å²) in [6, 6.07) is 1.84. The molecule has 5 rings (SSSR count). The summed E-state index contributed by atoms with van der Waals surface area (Å²) in [6.45, 7) is 4.03. The van der Waals surface area contributed by atoms with Gasteiger partial charge >= 0.3 is 0 Å². The molecule has 0 atom stereocenters. The second kappa shape index (κ2) is 6.29. The summed E-state index contributed by atoms with van der Waals surface area (Å²) in [5, 5.41) is 17.5. The van der Waals surface area contributed by atoms with E-state index in [0.717, 1.165) is 41.7 Å². The minimum absolute atomic E-state index is 0.00278. The van der Waals surface area contributed by atoms with Crippen LogP contribution in [0.15, 0.2) is 12.4 Å². The van der Waals surface area contributed by atoms with Crippen LogP contribution < -0.4 is 0 Å². The first-order chi connectivity index (χ1) is 13.5. The highest BCUT2D eigenvalue weighted by molar-refractivity contribution is 5.93. The van der Waals surface area contributed by atoms with Gasteiger partial charge in [0, 0.05) is 44.9 Å². The highest BCUT2D eigenvalue weighted by Gasteiger charge is 2.31. The van der Waals surface area contributed by atoms with Crippen LogP contribution in [0.25, 0.3) is 11.5 Å². The first kappa shape index (κ1) is 17.2. The lowest BCUT2D eigenvalue weighted by Crippen LogP contribution is -2.37. The molecule has 0 radical (unpaired) electrons. The molecule has 0 saturated heterocycles. The summed E-state index contributed by atoms with van der Waals surface area (Å²) >= 11 is 0. The molecule has 0 N–H and O–H groups in total. The average molecular weight is 380 g/mol. The molecular weight excluding hydrogens is 356 g/mol. The third kappa shape index (κ3) is 2.81. The van der Waals surface area contributed by atoms with Crippen molar-refractivity contribution in [2.75, 3.05) is 6.54 Å². The van der Waals surface area contributed by atoms with Crippen LogP contribution in [0, 0.1) is 12.8 Å². The van der Waals surface area contributed by atoms with Gasteiger partial charge < -0.3 is 9.47 Å². The van der Waals surface area contributed by atoms with Crippen molar-refractivity contribution in [3.05, 3.63) is 35.0 Å². The first-order valence-corrected chi connectivity index (χ1v) is 9.74. The maximum Gasteiger partial charge on any atom is 0.272 e. The van der Waals surface area contributed by atoms with Crippen LogP contribution in [0.4, 0.5) is 0 Å². The topological polar surface area (TPSA) is 86.7 Å². The zero-order chi connectivity index (χ0) is 19.4. The van der Waals surface area contributed by atoms with Gasteiger partial charge in [-0.05, 0) is 31.7 Å². The van der Waals surface area contributed by atoms with Crippen LogP contribution in [-0.4, -0.2) is 51.7 Å². The summed E-state index contributed by atoms with van der Waals surface area (Å²) in [5.41, 5.74) is 4.55. The number of amides is 1. The zero-order valence-corrected chi connectivity index (χ0v) is 16.5. The van der Waals surface area contributed by atoms with Gasteiger partial charge in [0.25, 0.3) is 5.91 Å². The molecule has 3 aromatic heterocycles. The van der Waals surface area contributed by atoms with Crippen molar-refractivity contribution < 1.29 is 4.79 Å². The SMILES string of the molecule is Cc1cc(C(=O)N2CCc3c(c(-c4nncn4CC4CC4)nn3C)C2)n(C)n1. The van der Waals surface area contributed by atoms with Crippen LogP contribution in [0.5, 0.6) is 0 Å². The second-order valence-corrected chi connectivity index (χ2v) is 7.92. The average Bonchev–Trinajstić information content (AvgIpc) is 3.11. The van der Waals surface area contributed by atoms with Gasteiger partial charge in [-0.1, -0.05) is 0 Å². The Bertz CT molecular complexity index is 1050. The minimum atomic E-state index is 0.00278. The summed E-state index contributed by atoms with van der Waals surface area (Å²) in [7, 11) is 3.78. The lowest BCUT2D eigenvalue weighted by Gasteiger charge is -2.27. The summed E-state index contributed by atoms with van der Waals surface area (Å²) in [6.07, 6.45) is 5.10. The maximum absolute atomic E-state index is 13.1. The van der Waals surface area contributed by atoms with E-state index in [1.54, 1.807) is 11.0 Å². The molecule has 0 spiro atoms. The van der Waals surface area contributed by atoms with Crippen molar-refractivity contribution in [1.29, 1.82) is 0 Å². The number of nitrogens with zero attached hydrogens (tertiary/aromatic N) is 8. The molecule has 1 aliphatic heterocycles. The van der Waals surface area contributed by atoms with Crippen molar-refractivity contribution in [3.8, 4) is 11.5 Å². The summed E-state index contributed by atoms with van der Waals surface area (Å²) < 4.78 is 5.69. The minimum Gasteiger partial charge on any atom is -0.332 e. The Labute approximate surface area is 163 Å². The van der Waals surface area contributed by atoms with Crippen LogP contribution >= 0.6 is 0 Å². The van der Waals surface area contributed by atoms with Crippen LogP contribution in [0.1, 0.15) is 40.3 Å². The van der Waals surface area contributed by atoms with Crippen LogP contribution in [0.2, 0.25) is 0 Å². The van der Waals surface area contributed by atoms with Gasteiger partial charge in [-0.2, -0.15) is 10.2 Å². The van der Waals surface area contributed by atoms with E-state index in [4.69, 9.17) is 5.10 Å². The molecule has 0 unspecified atom stereocenters. The Kier molecular flexibility index (Phi) is 3.85. The third-order valence-electron chi connectivity index (χ3n) is 5.73. The fourth-order valence-electron chi connectivity index (χ4n) is 4.07. The van der Waals surface area contributed by atoms with Crippen molar-refractivity contribution >= 4 is 5.91 Å². The Morgan fingerprint density at radius 1 is 1.21 bits per heavy atom. The third-order valence-corrected chi connectivity index (χ3v) is 5.73. The van der Waals surface area contributed by atoms with Gasteiger partial charge in [0.2, 0.25) is 0 Å². The highest BCUT2D eigenvalue weighted by Crippen LogP contribution is 2.33. The first-order valence-electron chi connectivity index (χ1n) is 9.74. The molecule has 4 heterocycles. The van der Waals surface area contributed by atoms with Crippen molar-refractivity contribution in [2.24, 2.45) is 20.0 Å². The molecular formula is C19H24N8O. The van der Waals surface area contributed by atoms with E-state index in [1.165, 1.54) is 18.5 Å². The predicted molar refractivity (Wildman–Crippen MR) is 101 cm³/mol. The number of fused-ring (bicyclic) bond motifs is 1. The van der Waals surface area contributed by atoms with Gasteiger partial charge in [-0.3, -0.25) is 14.2 Å². The summed E-state index contributed by atoms with van der Waals surface area (Å²) in [5.74, 6) is 1.53. The number of hydrogen-bond acceptors (Lipinski definition) is 5. The predicted octanol–water partition coefficient (Wildman–Crippen LogP) is 1.33. The standard InChI is InChI=1S/C19H24N8O/c1-12-8-16(25(3)22-12)19(28)26-7-6-15-14(10-26)17(23-24(15)2)18-21-20-11-27(18)9-13-4-5-13/h8,11,13H,4-7,9-10H2,1-3H3. The molecule has 9 heteroatoms. The molecule has 1 fully saturated rings. The van der Waals surface area contributed by atoms with E-state index >= 15 is 0 Å². The lowest BCUT2D eigenvalue weighted by molar-refractivity contribution is 0.0722. The quantitative estimate of drug-likeness (QED) is 0.681. The zero-order valence-electron chi connectivity index (χ0n) is 16.5. The number of hydrogen-bond donors (Lipinski definition) is 0. The monoisotopic (exact) mass is 380 g/mol. The van der Waals surface area contributed by atoms with Crippen molar-refractivity contribution in [1.82, 2.24) is 39.2 Å². The van der Waals surface area contributed by atoms with E-state index in [9.17, 15) is 4.79 Å². The fraction of sp³-hybridized carbons (Fsp3) is 0.526. The van der Waals surface area contributed by atoms with E-state index in [2.05, 4.69) is 19.9 Å². The molecule has 1 saturated carbocycles. The Hall–Kier alpha value is -2.97. The van der Waals surface area contributed by atoms with E-state index < -0.39 is 0 Å². The molecule has 146 valence electrons. The number of carbonyl (C=O) groups excluding carboxylic acids is 1. The maximum atomic E-state index is 13.1. The number of rotatable bonds is 4. The smallest absolute Gasteiger partial charge is 0.272 e. The molecule has 9 nitrogen and oxygen atoms in total. The summed E-state index contributed by atoms with van der Waals surface area (Å²) in [4.78, 5) is 15.0.